The number of rotatable bonds is 6. The van der Waals surface area contributed by atoms with Crippen molar-refractivity contribution in [2.45, 2.75) is 27.3 Å². The fourth-order valence-electron chi connectivity index (χ4n) is 2.79. The summed E-state index contributed by atoms with van der Waals surface area (Å²) in [6.45, 7) is 5.59. The zero-order chi connectivity index (χ0) is 20.3. The predicted octanol–water partition coefficient (Wildman–Crippen LogP) is 4.15. The molecule has 0 atom stereocenters. The SMILES string of the molecule is Cc1cc(C)n(CC(=O)Nc2cc(Oc3ccccc3C)cc([N+](=O)[O-])c2)n1. The molecule has 3 rings (SSSR count). The summed E-state index contributed by atoms with van der Waals surface area (Å²) in [4.78, 5) is 23.1. The van der Waals surface area contributed by atoms with Crippen molar-refractivity contribution in [3.63, 3.8) is 0 Å². The number of carbonyl (C=O) groups excluding carboxylic acids is 1. The van der Waals surface area contributed by atoms with E-state index < -0.39 is 4.92 Å². The molecule has 0 saturated carbocycles. The van der Waals surface area contributed by atoms with Crippen LogP contribution in [0.3, 0.4) is 0 Å². The standard InChI is InChI=1S/C20H20N4O4/c1-13-6-4-5-7-19(13)28-18-10-16(9-17(11-18)24(26)27)21-20(25)12-23-15(3)8-14(2)22-23/h4-11H,12H2,1-3H3,(H,21,25). The third kappa shape index (κ3) is 4.53. The molecule has 8 heteroatoms. The smallest absolute Gasteiger partial charge is 0.275 e. The molecule has 0 fully saturated rings. The van der Waals surface area contributed by atoms with Gasteiger partial charge >= 0.3 is 0 Å². The van der Waals surface area contributed by atoms with Crippen molar-refractivity contribution in [2.24, 2.45) is 0 Å². The first-order valence-corrected chi connectivity index (χ1v) is 8.65. The zero-order valence-corrected chi connectivity index (χ0v) is 15.8. The fourth-order valence-corrected chi connectivity index (χ4v) is 2.79. The van der Waals surface area contributed by atoms with Crippen molar-refractivity contribution in [1.29, 1.82) is 0 Å². The Balaban J connectivity index is 1.82. The molecule has 0 saturated heterocycles. The number of anilines is 1. The van der Waals surface area contributed by atoms with Crippen molar-refractivity contribution in [3.05, 3.63) is 75.6 Å². The number of non-ortho nitro benzene ring substituents is 1. The van der Waals surface area contributed by atoms with Crippen molar-refractivity contribution in [2.75, 3.05) is 5.32 Å². The molecule has 1 amide bonds. The minimum absolute atomic E-state index is 0.0103. The van der Waals surface area contributed by atoms with E-state index in [0.29, 0.717) is 5.75 Å². The molecule has 0 spiro atoms. The predicted molar refractivity (Wildman–Crippen MR) is 105 cm³/mol. The molecule has 0 aliphatic carbocycles. The largest absolute Gasteiger partial charge is 0.457 e. The molecule has 1 N–H and O–H groups in total. The summed E-state index contributed by atoms with van der Waals surface area (Å²) in [5, 5.41) is 18.2. The Morgan fingerprint density at radius 3 is 2.57 bits per heavy atom. The van der Waals surface area contributed by atoms with Crippen LogP contribution < -0.4 is 10.1 Å². The maximum atomic E-state index is 12.4. The van der Waals surface area contributed by atoms with E-state index in [1.54, 1.807) is 16.8 Å². The number of hydrogen-bond acceptors (Lipinski definition) is 5. The highest BCUT2D eigenvalue weighted by Gasteiger charge is 2.14. The zero-order valence-electron chi connectivity index (χ0n) is 15.8. The summed E-state index contributed by atoms with van der Waals surface area (Å²) in [6.07, 6.45) is 0. The molecule has 0 aliphatic heterocycles. The second-order valence-electron chi connectivity index (χ2n) is 6.47. The minimum atomic E-state index is -0.526. The lowest BCUT2D eigenvalue weighted by Crippen LogP contribution is -2.20. The van der Waals surface area contributed by atoms with E-state index in [4.69, 9.17) is 4.74 Å². The molecular weight excluding hydrogens is 360 g/mol. The van der Waals surface area contributed by atoms with E-state index in [2.05, 4.69) is 10.4 Å². The van der Waals surface area contributed by atoms with Crippen LogP contribution in [0.25, 0.3) is 0 Å². The number of nitrogens with zero attached hydrogens (tertiary/aromatic N) is 3. The van der Waals surface area contributed by atoms with Gasteiger partial charge in [0.2, 0.25) is 5.91 Å². The van der Waals surface area contributed by atoms with Crippen LogP contribution >= 0.6 is 0 Å². The molecule has 0 bridgehead atoms. The number of benzene rings is 2. The number of ether oxygens (including phenoxy) is 1. The van der Waals surface area contributed by atoms with Gasteiger partial charge in [0, 0.05) is 17.8 Å². The van der Waals surface area contributed by atoms with Crippen molar-refractivity contribution >= 4 is 17.3 Å². The third-order valence-electron chi connectivity index (χ3n) is 4.10. The van der Waals surface area contributed by atoms with Gasteiger partial charge in [0.15, 0.2) is 0 Å². The van der Waals surface area contributed by atoms with E-state index in [9.17, 15) is 14.9 Å². The summed E-state index contributed by atoms with van der Waals surface area (Å²) in [6, 6.07) is 13.4. The highest BCUT2D eigenvalue weighted by atomic mass is 16.6. The lowest BCUT2D eigenvalue weighted by Gasteiger charge is -2.11. The Bertz CT molecular complexity index is 1040. The average Bonchev–Trinajstić information content (AvgIpc) is 2.93. The number of carbonyl (C=O) groups is 1. The van der Waals surface area contributed by atoms with Gasteiger partial charge in [-0.25, -0.2) is 0 Å². The topological polar surface area (TPSA) is 99.3 Å². The molecule has 2 aromatic carbocycles. The van der Waals surface area contributed by atoms with E-state index >= 15 is 0 Å². The van der Waals surface area contributed by atoms with Gasteiger partial charge in [0.05, 0.1) is 22.4 Å². The number of hydrogen-bond donors (Lipinski definition) is 1. The lowest BCUT2D eigenvalue weighted by molar-refractivity contribution is -0.384. The molecule has 1 aromatic heterocycles. The lowest BCUT2D eigenvalue weighted by atomic mass is 10.2. The number of nitro groups is 1. The second kappa shape index (κ2) is 7.91. The molecule has 144 valence electrons. The van der Waals surface area contributed by atoms with Crippen molar-refractivity contribution in [1.82, 2.24) is 9.78 Å². The molecule has 1 heterocycles. The van der Waals surface area contributed by atoms with Gasteiger partial charge in [-0.2, -0.15) is 5.10 Å². The van der Waals surface area contributed by atoms with E-state index in [1.165, 1.54) is 12.1 Å². The van der Waals surface area contributed by atoms with Crippen LogP contribution in [0.1, 0.15) is 17.0 Å². The van der Waals surface area contributed by atoms with Crippen LogP contribution in [0.15, 0.2) is 48.5 Å². The highest BCUT2D eigenvalue weighted by Crippen LogP contribution is 2.31. The van der Waals surface area contributed by atoms with E-state index in [-0.39, 0.29) is 29.6 Å². The number of amides is 1. The fraction of sp³-hybridized carbons (Fsp3) is 0.200. The molecule has 0 aliphatic rings. The van der Waals surface area contributed by atoms with Crippen molar-refractivity contribution in [3.8, 4) is 11.5 Å². The number of aryl methyl sites for hydroxylation is 3. The molecule has 3 aromatic rings. The van der Waals surface area contributed by atoms with Crippen LogP contribution in [-0.2, 0) is 11.3 Å². The van der Waals surface area contributed by atoms with Crippen LogP contribution in [0.5, 0.6) is 11.5 Å². The number of para-hydroxylation sites is 1. The monoisotopic (exact) mass is 380 g/mol. The molecule has 0 radical (unpaired) electrons. The second-order valence-corrected chi connectivity index (χ2v) is 6.47. The summed E-state index contributed by atoms with van der Waals surface area (Å²) >= 11 is 0. The average molecular weight is 380 g/mol. The van der Waals surface area contributed by atoms with Gasteiger partial charge < -0.3 is 10.1 Å². The first-order chi connectivity index (χ1) is 13.3. The number of nitro benzene ring substituents is 1. The van der Waals surface area contributed by atoms with Gasteiger partial charge in [0.1, 0.15) is 18.0 Å². The normalized spacial score (nSPS) is 10.5. The van der Waals surface area contributed by atoms with Crippen LogP contribution in [0.4, 0.5) is 11.4 Å². The third-order valence-corrected chi connectivity index (χ3v) is 4.10. The van der Waals surface area contributed by atoms with Gasteiger partial charge in [-0.05, 0) is 38.5 Å². The molecular formula is C20H20N4O4. The Kier molecular flexibility index (Phi) is 5.39. The Hall–Kier alpha value is -3.68. The quantitative estimate of drug-likeness (QED) is 0.512. The van der Waals surface area contributed by atoms with Crippen molar-refractivity contribution < 1.29 is 14.5 Å². The first-order valence-electron chi connectivity index (χ1n) is 8.65. The summed E-state index contributed by atoms with van der Waals surface area (Å²) in [5.41, 5.74) is 2.67. The molecule has 8 nitrogen and oxygen atoms in total. The molecule has 28 heavy (non-hydrogen) atoms. The minimum Gasteiger partial charge on any atom is -0.457 e. The Labute approximate surface area is 161 Å². The van der Waals surface area contributed by atoms with Gasteiger partial charge in [-0.15, -0.1) is 0 Å². The molecule has 0 unspecified atom stereocenters. The maximum absolute atomic E-state index is 12.4. The maximum Gasteiger partial charge on any atom is 0.275 e. The Morgan fingerprint density at radius 2 is 1.93 bits per heavy atom. The van der Waals surface area contributed by atoms with Gasteiger partial charge in [-0.1, -0.05) is 18.2 Å². The summed E-state index contributed by atoms with van der Waals surface area (Å²) in [5.74, 6) is 0.515. The first kappa shape index (κ1) is 19.1. The number of aromatic nitrogens is 2. The van der Waals surface area contributed by atoms with Gasteiger partial charge in [0.25, 0.3) is 5.69 Å². The van der Waals surface area contributed by atoms with Crippen LogP contribution in [0, 0.1) is 30.9 Å². The Morgan fingerprint density at radius 1 is 1.18 bits per heavy atom. The van der Waals surface area contributed by atoms with Crippen LogP contribution in [0.2, 0.25) is 0 Å². The summed E-state index contributed by atoms with van der Waals surface area (Å²) < 4.78 is 7.37. The van der Waals surface area contributed by atoms with E-state index in [0.717, 1.165) is 17.0 Å². The van der Waals surface area contributed by atoms with Gasteiger partial charge in [-0.3, -0.25) is 19.6 Å². The number of nitrogens with one attached hydrogen (secondary N) is 1. The van der Waals surface area contributed by atoms with Crippen LogP contribution in [-0.4, -0.2) is 20.6 Å². The highest BCUT2D eigenvalue weighted by molar-refractivity contribution is 5.91. The van der Waals surface area contributed by atoms with E-state index in [1.807, 2.05) is 45.0 Å². The summed E-state index contributed by atoms with van der Waals surface area (Å²) in [7, 11) is 0.